The molecule has 0 N–H and O–H groups in total. The minimum Gasteiger partial charge on any atom is -0.135 e. The van der Waals surface area contributed by atoms with Crippen LogP contribution in [0.5, 0.6) is 0 Å². The van der Waals surface area contributed by atoms with E-state index in [2.05, 4.69) is 87.5 Å². The average molecular weight is 423 g/mol. The van der Waals surface area contributed by atoms with Crippen molar-refractivity contribution >= 4 is 63.0 Å². The number of hydrogen-bond donors (Lipinski definition) is 0. The van der Waals surface area contributed by atoms with Crippen LogP contribution in [-0.2, 0) is 6.42 Å². The van der Waals surface area contributed by atoms with E-state index in [9.17, 15) is 0 Å². The Morgan fingerprint density at radius 1 is 0.600 bits per heavy atom. The fraction of sp³-hybridized carbons (Fsp3) is 0.143. The predicted molar refractivity (Wildman–Crippen MR) is 136 cm³/mol. The maximum Gasteiger partial charge on any atom is 0.0387 e. The standard InChI is InChI=1S/C28H22S2/c1-16-12-24-22-10-8-19(15-27(22)29-26(24)13-17(16)2)14-20-9-11-23-21-6-4-5-7-25(21)30-28(23)18(20)3/h4-13,15H,14H2,1-3H3. The third kappa shape index (κ3) is 2.71. The van der Waals surface area contributed by atoms with Crippen LogP contribution in [0.4, 0.5) is 0 Å². The van der Waals surface area contributed by atoms with Crippen LogP contribution in [0.15, 0.2) is 66.7 Å². The van der Waals surface area contributed by atoms with E-state index in [0.717, 1.165) is 6.42 Å². The third-order valence-corrected chi connectivity index (χ3v) is 8.88. The van der Waals surface area contributed by atoms with Crippen molar-refractivity contribution in [2.24, 2.45) is 0 Å². The van der Waals surface area contributed by atoms with Crippen molar-refractivity contribution in [2.45, 2.75) is 27.2 Å². The van der Waals surface area contributed by atoms with Crippen LogP contribution in [0.1, 0.15) is 27.8 Å². The predicted octanol–water partition coefficient (Wildman–Crippen LogP) is 8.94. The van der Waals surface area contributed by atoms with Crippen molar-refractivity contribution in [1.29, 1.82) is 0 Å². The van der Waals surface area contributed by atoms with E-state index in [0.29, 0.717) is 0 Å². The summed E-state index contributed by atoms with van der Waals surface area (Å²) in [7, 11) is 0. The van der Waals surface area contributed by atoms with Crippen molar-refractivity contribution in [3.63, 3.8) is 0 Å². The summed E-state index contributed by atoms with van der Waals surface area (Å²) in [5.74, 6) is 0. The van der Waals surface area contributed by atoms with Crippen LogP contribution in [0.3, 0.4) is 0 Å². The van der Waals surface area contributed by atoms with Crippen molar-refractivity contribution < 1.29 is 0 Å². The van der Waals surface area contributed by atoms with Crippen LogP contribution in [0, 0.1) is 20.8 Å². The molecular formula is C28H22S2. The van der Waals surface area contributed by atoms with Crippen LogP contribution < -0.4 is 0 Å². The van der Waals surface area contributed by atoms with Crippen molar-refractivity contribution in [1.82, 2.24) is 0 Å². The normalized spacial score (nSPS) is 12.0. The quantitative estimate of drug-likeness (QED) is 0.261. The van der Waals surface area contributed by atoms with Gasteiger partial charge in [-0.1, -0.05) is 42.5 Å². The Bertz CT molecular complexity index is 1590. The van der Waals surface area contributed by atoms with Crippen molar-refractivity contribution in [3.05, 3.63) is 94.5 Å². The Hall–Kier alpha value is -2.68. The number of thiophene rings is 2. The highest BCUT2D eigenvalue weighted by atomic mass is 32.1. The van der Waals surface area contributed by atoms with E-state index in [4.69, 9.17) is 0 Å². The summed E-state index contributed by atoms with van der Waals surface area (Å²) in [5.41, 5.74) is 7.00. The molecule has 2 heterocycles. The molecule has 0 saturated carbocycles. The van der Waals surface area contributed by atoms with E-state index in [-0.39, 0.29) is 0 Å². The first-order valence-corrected chi connectivity index (χ1v) is 12.0. The minimum absolute atomic E-state index is 0.984. The van der Waals surface area contributed by atoms with Gasteiger partial charge in [0, 0.05) is 40.3 Å². The summed E-state index contributed by atoms with van der Waals surface area (Å²) in [6.45, 7) is 6.70. The SMILES string of the molecule is Cc1cc2sc3cc(Cc4ccc5c(sc6ccccc65)c4C)ccc3c2cc1C. The Morgan fingerprint density at radius 3 is 2.23 bits per heavy atom. The highest BCUT2D eigenvalue weighted by molar-refractivity contribution is 7.26. The van der Waals surface area contributed by atoms with E-state index in [1.54, 1.807) is 0 Å². The molecule has 0 nitrogen and oxygen atoms in total. The van der Waals surface area contributed by atoms with Crippen LogP contribution in [0.25, 0.3) is 40.3 Å². The molecule has 0 bridgehead atoms. The van der Waals surface area contributed by atoms with Gasteiger partial charge < -0.3 is 0 Å². The van der Waals surface area contributed by atoms with Gasteiger partial charge in [-0.25, -0.2) is 0 Å². The Labute approximate surface area is 184 Å². The Morgan fingerprint density at radius 2 is 1.33 bits per heavy atom. The highest BCUT2D eigenvalue weighted by Gasteiger charge is 2.12. The second-order valence-electron chi connectivity index (χ2n) is 8.37. The lowest BCUT2D eigenvalue weighted by molar-refractivity contribution is 1.18. The zero-order valence-electron chi connectivity index (χ0n) is 17.4. The van der Waals surface area contributed by atoms with Gasteiger partial charge in [0.2, 0.25) is 0 Å². The van der Waals surface area contributed by atoms with E-state index in [1.807, 2.05) is 22.7 Å². The zero-order valence-corrected chi connectivity index (χ0v) is 19.0. The van der Waals surface area contributed by atoms with Crippen LogP contribution in [0.2, 0.25) is 0 Å². The molecule has 0 saturated heterocycles. The molecule has 0 aliphatic heterocycles. The van der Waals surface area contributed by atoms with Gasteiger partial charge in [-0.15, -0.1) is 22.7 Å². The monoisotopic (exact) mass is 422 g/mol. The van der Waals surface area contributed by atoms with E-state index in [1.165, 1.54) is 68.2 Å². The zero-order chi connectivity index (χ0) is 20.4. The van der Waals surface area contributed by atoms with Crippen molar-refractivity contribution in [3.8, 4) is 0 Å². The van der Waals surface area contributed by atoms with Gasteiger partial charge in [-0.05, 0) is 79.3 Å². The molecule has 6 aromatic rings. The molecule has 0 amide bonds. The molecule has 0 fully saturated rings. The highest BCUT2D eigenvalue weighted by Crippen LogP contribution is 2.39. The Balaban J connectivity index is 1.45. The summed E-state index contributed by atoms with van der Waals surface area (Å²) in [6.07, 6.45) is 0.984. The molecule has 0 unspecified atom stereocenters. The summed E-state index contributed by atoms with van der Waals surface area (Å²) in [5, 5.41) is 5.55. The van der Waals surface area contributed by atoms with Gasteiger partial charge in [0.15, 0.2) is 0 Å². The molecule has 6 rings (SSSR count). The number of hydrogen-bond acceptors (Lipinski definition) is 2. The lowest BCUT2D eigenvalue weighted by Gasteiger charge is -2.08. The summed E-state index contributed by atoms with van der Waals surface area (Å²) in [4.78, 5) is 0. The third-order valence-electron chi connectivity index (χ3n) is 6.45. The first-order chi connectivity index (χ1) is 14.6. The number of rotatable bonds is 2. The molecule has 2 aromatic heterocycles. The van der Waals surface area contributed by atoms with Gasteiger partial charge in [0.1, 0.15) is 0 Å². The first kappa shape index (κ1) is 18.1. The average Bonchev–Trinajstić information content (AvgIpc) is 3.29. The molecule has 0 atom stereocenters. The second kappa shape index (κ2) is 6.66. The fourth-order valence-corrected chi connectivity index (χ4v) is 7.04. The summed E-state index contributed by atoms with van der Waals surface area (Å²) >= 11 is 3.84. The van der Waals surface area contributed by atoms with Gasteiger partial charge in [-0.3, -0.25) is 0 Å². The Kier molecular flexibility index (Phi) is 4.02. The molecule has 0 spiro atoms. The largest absolute Gasteiger partial charge is 0.135 e. The van der Waals surface area contributed by atoms with Gasteiger partial charge >= 0.3 is 0 Å². The van der Waals surface area contributed by atoms with Gasteiger partial charge in [0.05, 0.1) is 0 Å². The molecule has 0 aliphatic rings. The molecule has 2 heteroatoms. The molecule has 0 radical (unpaired) electrons. The lowest BCUT2D eigenvalue weighted by Crippen LogP contribution is -1.91. The molecule has 0 aliphatic carbocycles. The topological polar surface area (TPSA) is 0 Å². The molecular weight excluding hydrogens is 400 g/mol. The van der Waals surface area contributed by atoms with E-state index < -0.39 is 0 Å². The number of aryl methyl sites for hydroxylation is 3. The fourth-order valence-electron chi connectivity index (χ4n) is 4.56. The molecule has 4 aromatic carbocycles. The maximum atomic E-state index is 2.40. The van der Waals surface area contributed by atoms with Crippen LogP contribution >= 0.6 is 22.7 Å². The number of benzene rings is 4. The minimum atomic E-state index is 0.984. The molecule has 30 heavy (non-hydrogen) atoms. The van der Waals surface area contributed by atoms with E-state index >= 15 is 0 Å². The summed E-state index contributed by atoms with van der Waals surface area (Å²) < 4.78 is 5.61. The second-order valence-corrected chi connectivity index (χ2v) is 10.5. The molecule has 146 valence electrons. The smallest absolute Gasteiger partial charge is 0.0387 e. The summed E-state index contributed by atoms with van der Waals surface area (Å²) in [6, 6.07) is 25.1. The maximum absolute atomic E-state index is 2.40. The first-order valence-electron chi connectivity index (χ1n) is 10.4. The lowest BCUT2D eigenvalue weighted by atomic mass is 9.97. The number of fused-ring (bicyclic) bond motifs is 6. The van der Waals surface area contributed by atoms with Crippen molar-refractivity contribution in [2.75, 3.05) is 0 Å². The van der Waals surface area contributed by atoms with Gasteiger partial charge in [-0.2, -0.15) is 0 Å². The van der Waals surface area contributed by atoms with Crippen LogP contribution in [-0.4, -0.2) is 0 Å². The van der Waals surface area contributed by atoms with Gasteiger partial charge in [0.25, 0.3) is 0 Å².